The minimum absolute atomic E-state index is 0.306. The number of para-hydroxylation sites is 1. The summed E-state index contributed by atoms with van der Waals surface area (Å²) in [5, 5.41) is 12.4. The number of thioether (sulfide) groups is 1. The summed E-state index contributed by atoms with van der Waals surface area (Å²) in [6.45, 7) is 1.63. The van der Waals surface area contributed by atoms with Crippen molar-refractivity contribution in [3.8, 4) is 0 Å². The molecule has 25 heavy (non-hydrogen) atoms. The zero-order valence-electron chi connectivity index (χ0n) is 13.8. The molecule has 0 bridgehead atoms. The van der Waals surface area contributed by atoms with Crippen molar-refractivity contribution in [2.75, 3.05) is 12.0 Å². The van der Waals surface area contributed by atoms with Gasteiger partial charge in [0.1, 0.15) is 5.60 Å². The average Bonchev–Trinajstić information content (AvgIpc) is 2.95. The molecule has 3 aromatic rings. The van der Waals surface area contributed by atoms with Gasteiger partial charge in [-0.3, -0.25) is 0 Å². The third kappa shape index (κ3) is 3.87. The van der Waals surface area contributed by atoms with Crippen molar-refractivity contribution >= 4 is 44.3 Å². The average molecular weight is 396 g/mol. The summed E-state index contributed by atoms with van der Waals surface area (Å²) in [5.41, 5.74) is -0.402. The number of rotatable bonds is 5. The lowest BCUT2D eigenvalue weighted by Crippen LogP contribution is -2.30. The van der Waals surface area contributed by atoms with Crippen molar-refractivity contribution < 1.29 is 13.5 Å². The van der Waals surface area contributed by atoms with Gasteiger partial charge in [-0.2, -0.15) is 0 Å². The smallest absolute Gasteiger partial charge is 0.236 e. The molecule has 3 rings (SSSR count). The van der Waals surface area contributed by atoms with Gasteiger partial charge in [0.15, 0.2) is 0 Å². The Kier molecular flexibility index (Phi) is 4.90. The lowest BCUT2D eigenvalue weighted by atomic mass is 10.1. The summed E-state index contributed by atoms with van der Waals surface area (Å²) in [4.78, 5) is 0.951. The monoisotopic (exact) mass is 395 g/mol. The maximum atomic E-state index is 12.3. The fourth-order valence-corrected chi connectivity index (χ4v) is 4.87. The maximum Gasteiger partial charge on any atom is 0.236 e. The van der Waals surface area contributed by atoms with E-state index >= 15 is 0 Å². The molecule has 132 valence electrons. The Bertz CT molecular complexity index is 1010. The molecular weight excluding hydrogens is 378 g/mol. The van der Waals surface area contributed by atoms with Crippen LogP contribution in [-0.2, 0) is 15.6 Å². The molecule has 1 aromatic heterocycles. The van der Waals surface area contributed by atoms with E-state index in [0.29, 0.717) is 22.0 Å². The van der Waals surface area contributed by atoms with E-state index in [2.05, 4.69) is 0 Å². The summed E-state index contributed by atoms with van der Waals surface area (Å²) in [7, 11) is -3.56. The Balaban J connectivity index is 2.00. The van der Waals surface area contributed by atoms with E-state index in [1.165, 1.54) is 15.7 Å². The van der Waals surface area contributed by atoms with Crippen molar-refractivity contribution in [3.63, 3.8) is 0 Å². The number of nitrogens with zero attached hydrogens (tertiary/aromatic N) is 1. The molecule has 1 heterocycles. The van der Waals surface area contributed by atoms with E-state index in [-0.39, 0.29) is 0 Å². The third-order valence-electron chi connectivity index (χ3n) is 3.88. The van der Waals surface area contributed by atoms with Crippen LogP contribution >= 0.6 is 23.4 Å². The molecule has 0 saturated heterocycles. The molecule has 0 saturated carbocycles. The van der Waals surface area contributed by atoms with Crippen LogP contribution in [0.25, 0.3) is 10.9 Å². The minimum Gasteiger partial charge on any atom is -0.383 e. The van der Waals surface area contributed by atoms with E-state index in [1.54, 1.807) is 37.3 Å². The number of aliphatic hydroxyl groups is 1. The first kappa shape index (κ1) is 18.3. The molecular formula is C18H18ClNO3S2. The van der Waals surface area contributed by atoms with Gasteiger partial charge in [-0.1, -0.05) is 29.8 Å². The zero-order valence-corrected chi connectivity index (χ0v) is 16.2. The summed E-state index contributed by atoms with van der Waals surface area (Å²) in [6, 6.07) is 16.2. The first-order valence-corrected chi connectivity index (χ1v) is 10.8. The second-order valence-electron chi connectivity index (χ2n) is 6.13. The minimum atomic E-state index is -3.56. The number of aromatic nitrogens is 1. The van der Waals surface area contributed by atoms with Gasteiger partial charge in [0.25, 0.3) is 0 Å². The summed E-state index contributed by atoms with van der Waals surface area (Å²) in [5.74, 6) is 0.306. The molecule has 0 aliphatic heterocycles. The quantitative estimate of drug-likeness (QED) is 0.660. The molecule has 1 atom stereocenters. The van der Waals surface area contributed by atoms with Crippen LogP contribution < -0.4 is 0 Å². The number of hydrogen-bond acceptors (Lipinski definition) is 4. The first-order valence-electron chi connectivity index (χ1n) is 7.61. The van der Waals surface area contributed by atoms with Crippen molar-refractivity contribution in [1.82, 2.24) is 3.97 Å². The largest absolute Gasteiger partial charge is 0.383 e. The highest BCUT2D eigenvalue weighted by Crippen LogP contribution is 2.34. The van der Waals surface area contributed by atoms with Crippen LogP contribution in [0.15, 0.2) is 59.5 Å². The van der Waals surface area contributed by atoms with Crippen molar-refractivity contribution in [2.24, 2.45) is 0 Å². The predicted octanol–water partition coefficient (Wildman–Crippen LogP) is 4.10. The highest BCUT2D eigenvalue weighted by molar-refractivity contribution is 7.99. The first-order chi connectivity index (χ1) is 11.7. The van der Waals surface area contributed by atoms with Gasteiger partial charge in [0, 0.05) is 21.1 Å². The lowest BCUT2D eigenvalue weighted by molar-refractivity contribution is 0.0787. The Morgan fingerprint density at radius 1 is 1.16 bits per heavy atom. The van der Waals surface area contributed by atoms with Crippen LogP contribution in [-0.4, -0.2) is 29.5 Å². The van der Waals surface area contributed by atoms with E-state index in [4.69, 9.17) is 11.6 Å². The Morgan fingerprint density at radius 3 is 2.44 bits per heavy atom. The standard InChI is InChI=1S/C18H18ClNO3S2/c1-18(21,12-24-15-9-7-14(19)8-10-15)17-11-13-5-3-4-6-16(13)20(17)25(2,22)23/h3-11,21H,12H2,1-2H3. The van der Waals surface area contributed by atoms with Crippen LogP contribution in [0.2, 0.25) is 5.02 Å². The Hall–Kier alpha value is -1.47. The molecule has 1 N–H and O–H groups in total. The van der Waals surface area contributed by atoms with Crippen LogP contribution in [0.4, 0.5) is 0 Å². The lowest BCUT2D eigenvalue weighted by Gasteiger charge is -2.24. The molecule has 7 heteroatoms. The van der Waals surface area contributed by atoms with Crippen LogP contribution in [0.1, 0.15) is 12.6 Å². The van der Waals surface area contributed by atoms with Gasteiger partial charge in [0.05, 0.1) is 17.5 Å². The summed E-state index contributed by atoms with van der Waals surface area (Å²) in [6.07, 6.45) is 1.14. The highest BCUT2D eigenvalue weighted by Gasteiger charge is 2.31. The van der Waals surface area contributed by atoms with Gasteiger partial charge in [-0.15, -0.1) is 11.8 Å². The van der Waals surface area contributed by atoms with Gasteiger partial charge >= 0.3 is 0 Å². The van der Waals surface area contributed by atoms with Crippen LogP contribution in [0, 0.1) is 0 Å². The Morgan fingerprint density at radius 2 is 1.80 bits per heavy atom. The third-order valence-corrected chi connectivity index (χ3v) is 6.50. The van der Waals surface area contributed by atoms with E-state index in [1.807, 2.05) is 24.3 Å². The summed E-state index contributed by atoms with van der Waals surface area (Å²) < 4.78 is 25.9. The number of benzene rings is 2. The molecule has 0 spiro atoms. The van der Waals surface area contributed by atoms with Gasteiger partial charge in [0.2, 0.25) is 10.0 Å². The van der Waals surface area contributed by atoms with Crippen molar-refractivity contribution in [3.05, 3.63) is 65.3 Å². The summed E-state index contributed by atoms with van der Waals surface area (Å²) >= 11 is 7.33. The second-order valence-corrected chi connectivity index (χ2v) is 9.45. The number of hydrogen-bond donors (Lipinski definition) is 1. The zero-order chi connectivity index (χ0) is 18.2. The predicted molar refractivity (Wildman–Crippen MR) is 104 cm³/mol. The van der Waals surface area contributed by atoms with Gasteiger partial charge in [-0.25, -0.2) is 12.4 Å². The van der Waals surface area contributed by atoms with Gasteiger partial charge in [-0.05, 0) is 43.3 Å². The van der Waals surface area contributed by atoms with Crippen molar-refractivity contribution in [2.45, 2.75) is 17.4 Å². The molecule has 0 aliphatic rings. The fraction of sp³-hybridized carbons (Fsp3) is 0.222. The molecule has 4 nitrogen and oxygen atoms in total. The molecule has 1 unspecified atom stereocenters. The molecule has 0 aliphatic carbocycles. The number of halogens is 1. The van der Waals surface area contributed by atoms with E-state index in [9.17, 15) is 13.5 Å². The molecule has 2 aromatic carbocycles. The maximum absolute atomic E-state index is 12.3. The molecule has 0 fully saturated rings. The van der Waals surface area contributed by atoms with Crippen molar-refractivity contribution in [1.29, 1.82) is 0 Å². The molecule has 0 radical (unpaired) electrons. The molecule has 0 amide bonds. The van der Waals surface area contributed by atoms with E-state index in [0.717, 1.165) is 16.5 Å². The normalized spacial score (nSPS) is 14.6. The topological polar surface area (TPSA) is 59.3 Å². The van der Waals surface area contributed by atoms with E-state index < -0.39 is 15.6 Å². The SMILES string of the molecule is CC(O)(CSc1ccc(Cl)cc1)c1cc2ccccc2n1S(C)(=O)=O. The Labute approximate surface area is 156 Å². The highest BCUT2D eigenvalue weighted by atomic mass is 35.5. The second kappa shape index (κ2) is 6.68. The van der Waals surface area contributed by atoms with Crippen LogP contribution in [0.3, 0.4) is 0 Å². The van der Waals surface area contributed by atoms with Crippen LogP contribution in [0.5, 0.6) is 0 Å². The van der Waals surface area contributed by atoms with Gasteiger partial charge < -0.3 is 5.11 Å². The number of fused-ring (bicyclic) bond motifs is 1. The fourth-order valence-electron chi connectivity index (χ4n) is 2.69.